The first kappa shape index (κ1) is 16.2. The van der Waals surface area contributed by atoms with E-state index in [0.717, 1.165) is 18.2 Å². The van der Waals surface area contributed by atoms with Crippen molar-refractivity contribution in [2.75, 3.05) is 25.1 Å². The van der Waals surface area contributed by atoms with Crippen LogP contribution in [0.5, 0.6) is 0 Å². The molecule has 0 aliphatic rings. The van der Waals surface area contributed by atoms with E-state index in [-0.39, 0.29) is 5.15 Å². The lowest BCUT2D eigenvalue weighted by Crippen LogP contribution is -2.31. The smallest absolute Gasteiger partial charge is 0.351 e. The highest BCUT2D eigenvalue weighted by atomic mass is 35.5. The number of anilines is 1. The zero-order chi connectivity index (χ0) is 14.6. The highest BCUT2D eigenvalue weighted by molar-refractivity contribution is 7.18. The summed E-state index contributed by atoms with van der Waals surface area (Å²) in [4.78, 5) is 18.4. The Kier molecular flexibility index (Phi) is 6.07. The number of carbonyl (C=O) groups excluding carboxylic acids is 1. The zero-order valence-corrected chi connectivity index (χ0v) is 13.6. The fourth-order valence-corrected chi connectivity index (χ4v) is 2.97. The standard InChI is InChI=1S/C13H21ClN2O2S/c1-8(2)6-16(7-9(3)4)13-15-11(14)10(19-13)12(17)18-5/h8-9H,6-7H2,1-5H3. The molecule has 0 aromatic carbocycles. The normalized spacial score (nSPS) is 11.2. The maximum Gasteiger partial charge on any atom is 0.351 e. The molecule has 1 aromatic rings. The number of halogens is 1. The number of nitrogens with zero attached hydrogens (tertiary/aromatic N) is 2. The van der Waals surface area contributed by atoms with Gasteiger partial charge in [0, 0.05) is 13.1 Å². The van der Waals surface area contributed by atoms with Crippen LogP contribution in [-0.2, 0) is 4.74 Å². The minimum Gasteiger partial charge on any atom is -0.465 e. The van der Waals surface area contributed by atoms with Crippen molar-refractivity contribution in [1.29, 1.82) is 0 Å². The van der Waals surface area contributed by atoms with Crippen LogP contribution in [0, 0.1) is 11.8 Å². The molecule has 1 aromatic heterocycles. The van der Waals surface area contributed by atoms with Crippen LogP contribution in [0.2, 0.25) is 5.15 Å². The highest BCUT2D eigenvalue weighted by Gasteiger charge is 2.21. The van der Waals surface area contributed by atoms with Gasteiger partial charge in [0.15, 0.2) is 15.2 Å². The lowest BCUT2D eigenvalue weighted by Gasteiger charge is -2.25. The number of carbonyl (C=O) groups is 1. The molecule has 1 heterocycles. The third-order valence-corrected chi connectivity index (χ3v) is 3.87. The molecular formula is C13H21ClN2O2S. The molecule has 6 heteroatoms. The van der Waals surface area contributed by atoms with Crippen molar-refractivity contribution in [3.05, 3.63) is 10.0 Å². The number of aromatic nitrogens is 1. The Morgan fingerprint density at radius 3 is 2.26 bits per heavy atom. The molecule has 0 N–H and O–H groups in total. The second-order valence-electron chi connectivity index (χ2n) is 5.30. The van der Waals surface area contributed by atoms with E-state index in [4.69, 9.17) is 16.3 Å². The van der Waals surface area contributed by atoms with Crippen LogP contribution < -0.4 is 4.90 Å². The fraction of sp³-hybridized carbons (Fsp3) is 0.692. The Bertz CT molecular complexity index is 422. The fourth-order valence-electron chi connectivity index (χ4n) is 1.76. The molecule has 0 spiro atoms. The van der Waals surface area contributed by atoms with Gasteiger partial charge in [-0.1, -0.05) is 50.6 Å². The Hall–Kier alpha value is -0.810. The molecule has 108 valence electrons. The minimum absolute atomic E-state index is 0.226. The Morgan fingerprint density at radius 1 is 1.32 bits per heavy atom. The van der Waals surface area contributed by atoms with Gasteiger partial charge in [-0.3, -0.25) is 0 Å². The summed E-state index contributed by atoms with van der Waals surface area (Å²) in [6.45, 7) is 10.4. The van der Waals surface area contributed by atoms with E-state index < -0.39 is 5.97 Å². The molecule has 0 unspecified atom stereocenters. The summed E-state index contributed by atoms with van der Waals surface area (Å²) in [6, 6.07) is 0. The Labute approximate surface area is 123 Å². The van der Waals surface area contributed by atoms with E-state index in [0.29, 0.717) is 16.7 Å². The number of rotatable bonds is 6. The maximum absolute atomic E-state index is 11.6. The van der Waals surface area contributed by atoms with Gasteiger partial charge < -0.3 is 9.64 Å². The number of hydrogen-bond donors (Lipinski definition) is 0. The van der Waals surface area contributed by atoms with Crippen LogP contribution in [0.25, 0.3) is 0 Å². The highest BCUT2D eigenvalue weighted by Crippen LogP contribution is 2.31. The monoisotopic (exact) mass is 304 g/mol. The first-order valence-corrected chi connectivity index (χ1v) is 7.54. The van der Waals surface area contributed by atoms with Crippen molar-refractivity contribution in [3.63, 3.8) is 0 Å². The van der Waals surface area contributed by atoms with Crippen LogP contribution in [0.3, 0.4) is 0 Å². The van der Waals surface area contributed by atoms with Crippen molar-refractivity contribution >= 4 is 34.0 Å². The lowest BCUT2D eigenvalue weighted by molar-refractivity contribution is 0.0606. The van der Waals surface area contributed by atoms with Crippen LogP contribution in [0.1, 0.15) is 37.4 Å². The van der Waals surface area contributed by atoms with Crippen LogP contribution in [0.15, 0.2) is 0 Å². The Morgan fingerprint density at radius 2 is 1.84 bits per heavy atom. The second kappa shape index (κ2) is 7.10. The predicted octanol–water partition coefficient (Wildman–Crippen LogP) is 3.70. The van der Waals surface area contributed by atoms with E-state index in [9.17, 15) is 4.79 Å². The largest absolute Gasteiger partial charge is 0.465 e. The van der Waals surface area contributed by atoms with Gasteiger partial charge in [0.25, 0.3) is 0 Å². The molecule has 4 nitrogen and oxygen atoms in total. The van der Waals surface area contributed by atoms with Gasteiger partial charge in [0.05, 0.1) is 7.11 Å². The van der Waals surface area contributed by atoms with Crippen LogP contribution in [0.4, 0.5) is 5.13 Å². The molecule has 0 radical (unpaired) electrons. The van der Waals surface area contributed by atoms with E-state index in [1.165, 1.54) is 18.4 Å². The number of methoxy groups -OCH3 is 1. The van der Waals surface area contributed by atoms with Gasteiger partial charge in [-0.15, -0.1) is 0 Å². The first-order valence-electron chi connectivity index (χ1n) is 6.34. The van der Waals surface area contributed by atoms with Gasteiger partial charge in [0.2, 0.25) is 0 Å². The summed E-state index contributed by atoms with van der Waals surface area (Å²) in [7, 11) is 1.35. The minimum atomic E-state index is -0.428. The second-order valence-corrected chi connectivity index (χ2v) is 6.64. The van der Waals surface area contributed by atoms with Crippen LogP contribution in [-0.4, -0.2) is 31.2 Å². The van der Waals surface area contributed by atoms with Gasteiger partial charge in [-0.2, -0.15) is 0 Å². The topological polar surface area (TPSA) is 42.4 Å². The molecule has 0 saturated heterocycles. The third-order valence-electron chi connectivity index (χ3n) is 2.39. The molecule has 1 rings (SSSR count). The molecule has 0 fully saturated rings. The van der Waals surface area contributed by atoms with E-state index in [2.05, 4.69) is 37.6 Å². The molecule has 0 saturated carbocycles. The number of thiazole rings is 1. The van der Waals surface area contributed by atoms with Crippen molar-refractivity contribution < 1.29 is 9.53 Å². The summed E-state index contributed by atoms with van der Waals surface area (Å²) < 4.78 is 4.70. The number of hydrogen-bond acceptors (Lipinski definition) is 5. The quantitative estimate of drug-likeness (QED) is 0.752. The summed E-state index contributed by atoms with van der Waals surface area (Å²) in [6.07, 6.45) is 0. The van der Waals surface area contributed by atoms with E-state index >= 15 is 0 Å². The van der Waals surface area contributed by atoms with E-state index in [1.54, 1.807) is 0 Å². The Balaban J connectivity index is 2.99. The average Bonchev–Trinajstić information content (AvgIpc) is 2.68. The summed E-state index contributed by atoms with van der Waals surface area (Å²) >= 11 is 7.30. The van der Waals surface area contributed by atoms with Crippen molar-refractivity contribution in [2.45, 2.75) is 27.7 Å². The van der Waals surface area contributed by atoms with Crippen molar-refractivity contribution in [2.24, 2.45) is 11.8 Å². The van der Waals surface area contributed by atoms with Crippen molar-refractivity contribution in [1.82, 2.24) is 4.98 Å². The number of ether oxygens (including phenoxy) is 1. The van der Waals surface area contributed by atoms with Gasteiger partial charge in [-0.05, 0) is 11.8 Å². The summed E-state index contributed by atoms with van der Waals surface area (Å²) in [5, 5.41) is 1.01. The predicted molar refractivity (Wildman–Crippen MR) is 80.4 cm³/mol. The molecule has 0 aliphatic carbocycles. The molecule has 0 bridgehead atoms. The molecule has 0 atom stereocenters. The molecule has 0 aliphatic heterocycles. The maximum atomic E-state index is 11.6. The van der Waals surface area contributed by atoms with Gasteiger partial charge >= 0.3 is 5.97 Å². The van der Waals surface area contributed by atoms with Crippen molar-refractivity contribution in [3.8, 4) is 0 Å². The summed E-state index contributed by atoms with van der Waals surface area (Å²) in [5.41, 5.74) is 0. The van der Waals surface area contributed by atoms with E-state index in [1.807, 2.05) is 0 Å². The molecule has 0 amide bonds. The van der Waals surface area contributed by atoms with Crippen LogP contribution >= 0.6 is 22.9 Å². The molecule has 19 heavy (non-hydrogen) atoms. The first-order chi connectivity index (χ1) is 8.85. The zero-order valence-electron chi connectivity index (χ0n) is 12.1. The number of esters is 1. The SMILES string of the molecule is COC(=O)c1sc(N(CC(C)C)CC(C)C)nc1Cl. The third kappa shape index (κ3) is 4.66. The lowest BCUT2D eigenvalue weighted by atomic mass is 10.1. The van der Waals surface area contributed by atoms with Gasteiger partial charge in [-0.25, -0.2) is 9.78 Å². The average molecular weight is 305 g/mol. The molecular weight excluding hydrogens is 284 g/mol. The summed E-state index contributed by atoms with van der Waals surface area (Å²) in [5.74, 6) is 0.605. The van der Waals surface area contributed by atoms with Gasteiger partial charge in [0.1, 0.15) is 0 Å².